The zero-order valence-electron chi connectivity index (χ0n) is 10.1. The van der Waals surface area contributed by atoms with Crippen LogP contribution in [0, 0.1) is 5.92 Å². The van der Waals surface area contributed by atoms with Gasteiger partial charge < -0.3 is 11.1 Å². The molecule has 1 atom stereocenters. The zero-order valence-corrected chi connectivity index (χ0v) is 10.1. The quantitative estimate of drug-likeness (QED) is 0.829. The molecule has 7 heteroatoms. The van der Waals surface area contributed by atoms with Crippen molar-refractivity contribution < 1.29 is 0 Å². The van der Waals surface area contributed by atoms with E-state index in [1.807, 2.05) is 0 Å². The van der Waals surface area contributed by atoms with E-state index < -0.39 is 0 Å². The van der Waals surface area contributed by atoms with Crippen molar-refractivity contribution in [2.24, 2.45) is 5.92 Å². The number of hydrogen-bond acceptors (Lipinski definition) is 6. The minimum absolute atomic E-state index is 0.195. The maximum Gasteiger partial charge on any atom is 0.257 e. The molecule has 0 aliphatic heterocycles. The molecule has 7 nitrogen and oxygen atoms in total. The van der Waals surface area contributed by atoms with E-state index in [1.54, 1.807) is 23.1 Å². The summed E-state index contributed by atoms with van der Waals surface area (Å²) < 4.78 is 1.56. The first kappa shape index (κ1) is 10.9. The van der Waals surface area contributed by atoms with Gasteiger partial charge in [-0.2, -0.15) is 20.1 Å². The SMILES string of the molecule is CC(Nc1nc(N)nc(-n2cccn2)n1)C1CC1. The molecule has 94 valence electrons. The summed E-state index contributed by atoms with van der Waals surface area (Å²) in [5.41, 5.74) is 5.69. The number of rotatable bonds is 4. The van der Waals surface area contributed by atoms with Gasteiger partial charge in [-0.05, 0) is 31.7 Å². The van der Waals surface area contributed by atoms with Gasteiger partial charge in [0.15, 0.2) is 0 Å². The summed E-state index contributed by atoms with van der Waals surface area (Å²) in [6.07, 6.45) is 5.96. The Balaban J connectivity index is 1.85. The highest BCUT2D eigenvalue weighted by Gasteiger charge is 2.28. The number of nitrogens with zero attached hydrogens (tertiary/aromatic N) is 5. The second-order valence-electron chi connectivity index (χ2n) is 4.54. The molecule has 0 aromatic carbocycles. The van der Waals surface area contributed by atoms with Crippen LogP contribution in [-0.4, -0.2) is 30.8 Å². The minimum atomic E-state index is 0.195. The van der Waals surface area contributed by atoms with E-state index in [1.165, 1.54) is 12.8 Å². The molecule has 1 unspecified atom stereocenters. The third kappa shape index (κ3) is 2.24. The lowest BCUT2D eigenvalue weighted by molar-refractivity contribution is 0.682. The van der Waals surface area contributed by atoms with Gasteiger partial charge in [0.05, 0.1) is 0 Å². The van der Waals surface area contributed by atoms with Crippen molar-refractivity contribution in [3.63, 3.8) is 0 Å². The molecule has 2 aromatic heterocycles. The number of anilines is 2. The van der Waals surface area contributed by atoms with Crippen molar-refractivity contribution in [3.8, 4) is 5.95 Å². The molecule has 2 aromatic rings. The van der Waals surface area contributed by atoms with Crippen LogP contribution in [0.15, 0.2) is 18.5 Å². The van der Waals surface area contributed by atoms with Crippen LogP contribution in [0.5, 0.6) is 0 Å². The monoisotopic (exact) mass is 245 g/mol. The Morgan fingerprint density at radius 1 is 1.39 bits per heavy atom. The molecule has 0 saturated heterocycles. The predicted molar refractivity (Wildman–Crippen MR) is 67.2 cm³/mol. The maximum absolute atomic E-state index is 5.69. The van der Waals surface area contributed by atoms with Crippen molar-refractivity contribution in [1.29, 1.82) is 0 Å². The number of hydrogen-bond donors (Lipinski definition) is 2. The highest BCUT2D eigenvalue weighted by molar-refractivity contribution is 5.35. The van der Waals surface area contributed by atoms with Crippen LogP contribution in [0.2, 0.25) is 0 Å². The Bertz CT molecular complexity index is 532. The normalized spacial score (nSPS) is 16.5. The van der Waals surface area contributed by atoms with E-state index in [0.29, 0.717) is 17.9 Å². The first-order valence-electron chi connectivity index (χ1n) is 6.00. The van der Waals surface area contributed by atoms with Crippen molar-refractivity contribution in [2.45, 2.75) is 25.8 Å². The van der Waals surface area contributed by atoms with Crippen molar-refractivity contribution >= 4 is 11.9 Å². The van der Waals surface area contributed by atoms with Gasteiger partial charge >= 0.3 is 0 Å². The highest BCUT2D eigenvalue weighted by Crippen LogP contribution is 2.33. The highest BCUT2D eigenvalue weighted by atomic mass is 15.4. The van der Waals surface area contributed by atoms with Crippen LogP contribution in [0.25, 0.3) is 5.95 Å². The predicted octanol–water partition coefficient (Wildman–Crippen LogP) is 0.850. The maximum atomic E-state index is 5.69. The Morgan fingerprint density at radius 2 is 2.22 bits per heavy atom. The van der Waals surface area contributed by atoms with Gasteiger partial charge in [0.2, 0.25) is 11.9 Å². The topological polar surface area (TPSA) is 94.5 Å². The molecule has 0 spiro atoms. The molecule has 3 rings (SSSR count). The fourth-order valence-electron chi connectivity index (χ4n) is 1.85. The molecule has 3 N–H and O–H groups in total. The van der Waals surface area contributed by atoms with Crippen LogP contribution in [0.3, 0.4) is 0 Å². The third-order valence-corrected chi connectivity index (χ3v) is 3.04. The molecule has 1 saturated carbocycles. The van der Waals surface area contributed by atoms with Crippen LogP contribution >= 0.6 is 0 Å². The van der Waals surface area contributed by atoms with E-state index in [9.17, 15) is 0 Å². The van der Waals surface area contributed by atoms with Gasteiger partial charge in [0.25, 0.3) is 5.95 Å². The molecule has 2 heterocycles. The molecule has 0 amide bonds. The smallest absolute Gasteiger partial charge is 0.257 e. The van der Waals surface area contributed by atoms with Crippen molar-refractivity contribution in [1.82, 2.24) is 24.7 Å². The van der Waals surface area contributed by atoms with Crippen LogP contribution < -0.4 is 11.1 Å². The van der Waals surface area contributed by atoms with Gasteiger partial charge in [-0.25, -0.2) is 4.68 Å². The lowest BCUT2D eigenvalue weighted by Gasteiger charge is -2.13. The Hall–Kier alpha value is -2.18. The third-order valence-electron chi connectivity index (χ3n) is 3.04. The van der Waals surface area contributed by atoms with Crippen LogP contribution in [-0.2, 0) is 0 Å². The lowest BCUT2D eigenvalue weighted by atomic mass is 10.2. The number of aromatic nitrogens is 5. The molecule has 1 aliphatic rings. The van der Waals surface area contributed by atoms with E-state index in [4.69, 9.17) is 5.73 Å². The summed E-state index contributed by atoms with van der Waals surface area (Å²) in [6, 6.07) is 2.16. The van der Waals surface area contributed by atoms with Crippen molar-refractivity contribution in [2.75, 3.05) is 11.1 Å². The van der Waals surface area contributed by atoms with Gasteiger partial charge in [-0.1, -0.05) is 0 Å². The number of nitrogens with one attached hydrogen (secondary N) is 1. The molecule has 0 radical (unpaired) electrons. The van der Waals surface area contributed by atoms with Crippen molar-refractivity contribution in [3.05, 3.63) is 18.5 Å². The van der Waals surface area contributed by atoms with Gasteiger partial charge in [-0.3, -0.25) is 0 Å². The zero-order chi connectivity index (χ0) is 12.5. The summed E-state index contributed by atoms with van der Waals surface area (Å²) in [6.45, 7) is 2.13. The summed E-state index contributed by atoms with van der Waals surface area (Å²) in [5, 5.41) is 7.34. The minimum Gasteiger partial charge on any atom is -0.368 e. The first-order valence-corrected chi connectivity index (χ1v) is 6.00. The lowest BCUT2D eigenvalue weighted by Crippen LogP contribution is -2.20. The number of nitrogens with two attached hydrogens (primary N) is 1. The van der Waals surface area contributed by atoms with E-state index in [0.717, 1.165) is 5.92 Å². The fraction of sp³-hybridized carbons (Fsp3) is 0.455. The Labute approximate surface area is 104 Å². The first-order chi connectivity index (χ1) is 8.72. The molecule has 1 fully saturated rings. The molecule has 0 bridgehead atoms. The summed E-state index contributed by atoms with van der Waals surface area (Å²) >= 11 is 0. The van der Waals surface area contributed by atoms with E-state index in [-0.39, 0.29) is 5.95 Å². The second kappa shape index (κ2) is 4.25. The summed E-state index contributed by atoms with van der Waals surface area (Å²) in [7, 11) is 0. The average molecular weight is 245 g/mol. The molecular formula is C11H15N7. The Kier molecular flexibility index (Phi) is 2.58. The second-order valence-corrected chi connectivity index (χ2v) is 4.54. The molecule has 1 aliphatic carbocycles. The summed E-state index contributed by atoms with van der Waals surface area (Å²) in [5.74, 6) is 1.85. The standard InChI is InChI=1S/C11H15N7/c1-7(8-3-4-8)14-10-15-9(12)16-11(17-10)18-6-2-5-13-18/h2,5-8H,3-4H2,1H3,(H3,12,14,15,16,17). The van der Waals surface area contributed by atoms with Crippen LogP contribution in [0.1, 0.15) is 19.8 Å². The van der Waals surface area contributed by atoms with Crippen LogP contribution in [0.4, 0.5) is 11.9 Å². The fourth-order valence-corrected chi connectivity index (χ4v) is 1.85. The van der Waals surface area contributed by atoms with E-state index in [2.05, 4.69) is 32.3 Å². The molecular weight excluding hydrogens is 230 g/mol. The molecule has 18 heavy (non-hydrogen) atoms. The number of nitrogen functional groups attached to an aromatic ring is 1. The van der Waals surface area contributed by atoms with Gasteiger partial charge in [0.1, 0.15) is 0 Å². The largest absolute Gasteiger partial charge is 0.368 e. The van der Waals surface area contributed by atoms with E-state index >= 15 is 0 Å². The summed E-state index contributed by atoms with van der Waals surface area (Å²) in [4.78, 5) is 12.5. The average Bonchev–Trinajstić information content (AvgIpc) is 3.04. The van der Waals surface area contributed by atoms with Gasteiger partial charge in [-0.15, -0.1) is 0 Å². The Morgan fingerprint density at radius 3 is 2.89 bits per heavy atom. The van der Waals surface area contributed by atoms with Gasteiger partial charge in [0, 0.05) is 18.4 Å².